The maximum Gasteiger partial charge on any atom is 0.410 e. The summed E-state index contributed by atoms with van der Waals surface area (Å²) in [5.74, 6) is 0.814. The van der Waals surface area contributed by atoms with Gasteiger partial charge in [-0.15, -0.1) is 0 Å². The van der Waals surface area contributed by atoms with Crippen molar-refractivity contribution in [3.05, 3.63) is 60.2 Å². The number of ether oxygens (including phenoxy) is 2. The molecule has 3 rings (SSSR count). The minimum absolute atomic E-state index is 0.117. The van der Waals surface area contributed by atoms with Crippen LogP contribution in [0.15, 0.2) is 54.6 Å². The van der Waals surface area contributed by atoms with Gasteiger partial charge >= 0.3 is 6.09 Å². The summed E-state index contributed by atoms with van der Waals surface area (Å²) in [4.78, 5) is 13.9. The number of nitrogens with two attached hydrogens (primary N) is 1. The lowest BCUT2D eigenvalue weighted by atomic mass is 10.1. The van der Waals surface area contributed by atoms with E-state index in [1.165, 1.54) is 0 Å². The summed E-state index contributed by atoms with van der Waals surface area (Å²) in [6.07, 6.45) is 1.45. The smallest absolute Gasteiger partial charge is 0.410 e. The molecule has 1 heterocycles. The van der Waals surface area contributed by atoms with Gasteiger partial charge in [0.05, 0.1) is 0 Å². The Morgan fingerprint density at radius 3 is 2.38 bits per heavy atom. The molecule has 0 aliphatic carbocycles. The van der Waals surface area contributed by atoms with Crippen LogP contribution in [0.4, 0.5) is 10.5 Å². The number of carbonyl (C=O) groups excluding carboxylic acids is 1. The normalized spacial score (nSPS) is 15.1. The van der Waals surface area contributed by atoms with Crippen molar-refractivity contribution in [3.63, 3.8) is 0 Å². The first-order chi connectivity index (χ1) is 11.7. The van der Waals surface area contributed by atoms with E-state index in [4.69, 9.17) is 15.2 Å². The fourth-order valence-electron chi connectivity index (χ4n) is 2.71. The van der Waals surface area contributed by atoms with E-state index in [1.807, 2.05) is 54.6 Å². The van der Waals surface area contributed by atoms with Gasteiger partial charge in [0.25, 0.3) is 0 Å². The van der Waals surface area contributed by atoms with Crippen molar-refractivity contribution in [3.8, 4) is 5.75 Å². The maximum absolute atomic E-state index is 12.1. The van der Waals surface area contributed by atoms with Gasteiger partial charge in [0.2, 0.25) is 0 Å². The Morgan fingerprint density at radius 1 is 1.04 bits per heavy atom. The third kappa shape index (κ3) is 4.41. The van der Waals surface area contributed by atoms with Crippen molar-refractivity contribution in [2.24, 2.45) is 0 Å². The number of hydrogen-bond acceptors (Lipinski definition) is 4. The molecule has 1 amide bonds. The lowest BCUT2D eigenvalue weighted by molar-refractivity contribution is 0.0638. The number of nitrogen functional groups attached to an aromatic ring is 1. The molecule has 0 unspecified atom stereocenters. The van der Waals surface area contributed by atoms with Crippen LogP contribution in [0.3, 0.4) is 0 Å². The zero-order chi connectivity index (χ0) is 16.8. The highest BCUT2D eigenvalue weighted by molar-refractivity contribution is 5.67. The molecule has 1 saturated heterocycles. The van der Waals surface area contributed by atoms with Crippen LogP contribution in [-0.4, -0.2) is 30.2 Å². The topological polar surface area (TPSA) is 64.8 Å². The molecule has 2 aromatic rings. The van der Waals surface area contributed by atoms with Gasteiger partial charge < -0.3 is 20.1 Å². The Labute approximate surface area is 142 Å². The average Bonchev–Trinajstić information content (AvgIpc) is 2.63. The fourth-order valence-corrected chi connectivity index (χ4v) is 2.71. The van der Waals surface area contributed by atoms with Crippen LogP contribution in [0.1, 0.15) is 18.4 Å². The van der Waals surface area contributed by atoms with Crippen molar-refractivity contribution in [2.75, 3.05) is 18.8 Å². The van der Waals surface area contributed by atoms with E-state index in [-0.39, 0.29) is 12.2 Å². The Kier molecular flexibility index (Phi) is 5.21. The second kappa shape index (κ2) is 7.73. The molecule has 0 bridgehead atoms. The van der Waals surface area contributed by atoms with Gasteiger partial charge in [0.15, 0.2) is 0 Å². The largest absolute Gasteiger partial charge is 0.490 e. The number of hydrogen-bond donors (Lipinski definition) is 1. The number of carbonyl (C=O) groups is 1. The predicted molar refractivity (Wildman–Crippen MR) is 92.7 cm³/mol. The third-order valence-electron chi connectivity index (χ3n) is 4.09. The molecule has 5 heteroatoms. The van der Waals surface area contributed by atoms with Crippen LogP contribution in [0.25, 0.3) is 0 Å². The van der Waals surface area contributed by atoms with Gasteiger partial charge in [-0.05, 0) is 29.8 Å². The number of likely N-dealkylation sites (tertiary alicyclic amines) is 1. The second-order valence-electron chi connectivity index (χ2n) is 5.91. The minimum atomic E-state index is -0.259. The molecule has 2 aromatic carbocycles. The van der Waals surface area contributed by atoms with Gasteiger partial charge in [-0.2, -0.15) is 0 Å². The molecule has 0 aromatic heterocycles. The summed E-state index contributed by atoms with van der Waals surface area (Å²) in [6.45, 7) is 1.60. The minimum Gasteiger partial charge on any atom is -0.490 e. The molecule has 0 saturated carbocycles. The lowest BCUT2D eigenvalue weighted by Gasteiger charge is -2.31. The monoisotopic (exact) mass is 326 g/mol. The van der Waals surface area contributed by atoms with Crippen LogP contribution in [0.5, 0.6) is 5.75 Å². The molecule has 0 radical (unpaired) electrons. The number of nitrogens with zero attached hydrogens (tertiary/aromatic N) is 1. The Bertz CT molecular complexity index is 650. The molecule has 1 aliphatic heterocycles. The van der Waals surface area contributed by atoms with Crippen LogP contribution in [0.2, 0.25) is 0 Å². The third-order valence-corrected chi connectivity index (χ3v) is 4.09. The average molecular weight is 326 g/mol. The lowest BCUT2D eigenvalue weighted by Crippen LogP contribution is -2.42. The van der Waals surface area contributed by atoms with Crippen LogP contribution < -0.4 is 10.5 Å². The standard InChI is InChI=1S/C19H22N2O3/c20-16-6-8-17(9-7-16)24-18-10-12-21(13-11-18)19(22)23-14-15-4-2-1-3-5-15/h1-9,18H,10-14,20H2. The van der Waals surface area contributed by atoms with Crippen LogP contribution in [0, 0.1) is 0 Å². The van der Waals surface area contributed by atoms with Crippen molar-refractivity contribution in [1.29, 1.82) is 0 Å². The molecular weight excluding hydrogens is 304 g/mol. The number of amides is 1. The highest BCUT2D eigenvalue weighted by atomic mass is 16.6. The van der Waals surface area contributed by atoms with Gasteiger partial charge in [0.1, 0.15) is 18.5 Å². The SMILES string of the molecule is Nc1ccc(OC2CCN(C(=O)OCc3ccccc3)CC2)cc1. The molecule has 126 valence electrons. The number of benzene rings is 2. The van der Waals surface area contributed by atoms with E-state index in [2.05, 4.69) is 0 Å². The summed E-state index contributed by atoms with van der Waals surface area (Å²) in [7, 11) is 0. The van der Waals surface area contributed by atoms with Crippen molar-refractivity contribution in [2.45, 2.75) is 25.6 Å². The summed E-state index contributed by atoms with van der Waals surface area (Å²) in [5.41, 5.74) is 7.38. The number of piperidine rings is 1. The van der Waals surface area contributed by atoms with E-state index < -0.39 is 0 Å². The molecule has 5 nitrogen and oxygen atoms in total. The first kappa shape index (κ1) is 16.2. The molecule has 0 spiro atoms. The van der Waals surface area contributed by atoms with Crippen molar-refractivity contribution < 1.29 is 14.3 Å². The fraction of sp³-hybridized carbons (Fsp3) is 0.316. The summed E-state index contributed by atoms with van der Waals surface area (Å²) in [6, 6.07) is 17.1. The molecule has 24 heavy (non-hydrogen) atoms. The van der Waals surface area contributed by atoms with Gasteiger partial charge in [-0.3, -0.25) is 0 Å². The first-order valence-electron chi connectivity index (χ1n) is 8.18. The highest BCUT2D eigenvalue weighted by Crippen LogP contribution is 2.20. The zero-order valence-corrected chi connectivity index (χ0v) is 13.6. The van der Waals surface area contributed by atoms with E-state index in [0.717, 1.165) is 29.8 Å². The molecule has 2 N–H and O–H groups in total. The summed E-state index contributed by atoms with van der Waals surface area (Å²) >= 11 is 0. The number of anilines is 1. The zero-order valence-electron chi connectivity index (χ0n) is 13.6. The van der Waals surface area contributed by atoms with E-state index in [0.29, 0.717) is 19.7 Å². The Balaban J connectivity index is 1.42. The maximum atomic E-state index is 12.1. The molecule has 0 atom stereocenters. The molecule has 1 fully saturated rings. The van der Waals surface area contributed by atoms with Crippen molar-refractivity contribution in [1.82, 2.24) is 4.90 Å². The predicted octanol–water partition coefficient (Wildman–Crippen LogP) is 3.45. The highest BCUT2D eigenvalue weighted by Gasteiger charge is 2.24. The van der Waals surface area contributed by atoms with Crippen LogP contribution >= 0.6 is 0 Å². The molecule has 1 aliphatic rings. The van der Waals surface area contributed by atoms with E-state index >= 15 is 0 Å². The van der Waals surface area contributed by atoms with Crippen LogP contribution in [-0.2, 0) is 11.3 Å². The Morgan fingerprint density at radius 2 is 1.71 bits per heavy atom. The van der Waals surface area contributed by atoms with Gasteiger partial charge in [-0.1, -0.05) is 30.3 Å². The molecular formula is C19H22N2O3. The van der Waals surface area contributed by atoms with Crippen molar-refractivity contribution >= 4 is 11.8 Å². The van der Waals surface area contributed by atoms with E-state index in [1.54, 1.807) is 4.90 Å². The van der Waals surface area contributed by atoms with Gasteiger partial charge in [0, 0.05) is 31.6 Å². The van der Waals surface area contributed by atoms with Gasteiger partial charge in [-0.25, -0.2) is 4.79 Å². The summed E-state index contributed by atoms with van der Waals surface area (Å²) < 4.78 is 11.3. The second-order valence-corrected chi connectivity index (χ2v) is 5.91. The Hall–Kier alpha value is -2.69. The summed E-state index contributed by atoms with van der Waals surface area (Å²) in [5, 5.41) is 0. The quantitative estimate of drug-likeness (QED) is 0.874. The first-order valence-corrected chi connectivity index (χ1v) is 8.18. The van der Waals surface area contributed by atoms with E-state index in [9.17, 15) is 4.79 Å². The number of rotatable bonds is 4.